The van der Waals surface area contributed by atoms with Crippen LogP contribution in [0, 0.1) is 11.8 Å². The maximum Gasteiger partial charge on any atom is 0.223 e. The van der Waals surface area contributed by atoms with Crippen molar-refractivity contribution in [2.75, 3.05) is 26.3 Å². The first kappa shape index (κ1) is 14.5. The number of amides is 1. The molecule has 100 valence electrons. The normalized spacial score (nSPS) is 24.6. The van der Waals surface area contributed by atoms with Gasteiger partial charge in [0.15, 0.2) is 0 Å². The van der Waals surface area contributed by atoms with Crippen LogP contribution < -0.4 is 11.1 Å². The Kier molecular flexibility index (Phi) is 7.21. The van der Waals surface area contributed by atoms with Gasteiger partial charge in [-0.05, 0) is 38.6 Å². The van der Waals surface area contributed by atoms with Gasteiger partial charge in [0.25, 0.3) is 0 Å². The van der Waals surface area contributed by atoms with Gasteiger partial charge in [-0.15, -0.1) is 0 Å². The number of nitrogens with two attached hydrogens (primary N) is 1. The van der Waals surface area contributed by atoms with Crippen molar-refractivity contribution in [1.82, 2.24) is 5.32 Å². The predicted octanol–water partition coefficient (Wildman–Crippen LogP) is 1.29. The minimum atomic E-state index is 0.196. The molecule has 17 heavy (non-hydrogen) atoms. The molecule has 0 aromatic heterocycles. The number of hydrogen-bond donors (Lipinski definition) is 2. The Morgan fingerprint density at radius 1 is 1.47 bits per heavy atom. The molecule has 0 aliphatic heterocycles. The standard InChI is InChI=1S/C13H26N2O2/c1-2-17-9-8-15-13(16)12-5-3-4-11(10-12)6-7-14/h11-12H,2-10,14H2,1H3,(H,15,16). The minimum absolute atomic E-state index is 0.196. The zero-order valence-electron chi connectivity index (χ0n) is 10.9. The Bertz CT molecular complexity index is 219. The first-order chi connectivity index (χ1) is 8.27. The molecule has 2 unspecified atom stereocenters. The van der Waals surface area contributed by atoms with Crippen LogP contribution in [0.15, 0.2) is 0 Å². The summed E-state index contributed by atoms with van der Waals surface area (Å²) in [7, 11) is 0. The third-order valence-electron chi connectivity index (χ3n) is 3.48. The van der Waals surface area contributed by atoms with E-state index in [4.69, 9.17) is 10.5 Å². The quantitative estimate of drug-likeness (QED) is 0.661. The smallest absolute Gasteiger partial charge is 0.223 e. The average molecular weight is 242 g/mol. The zero-order chi connectivity index (χ0) is 12.5. The van der Waals surface area contributed by atoms with Gasteiger partial charge < -0.3 is 15.8 Å². The lowest BCUT2D eigenvalue weighted by molar-refractivity contribution is -0.126. The fourth-order valence-corrected chi connectivity index (χ4v) is 2.56. The van der Waals surface area contributed by atoms with Crippen molar-refractivity contribution in [2.45, 2.75) is 39.0 Å². The maximum atomic E-state index is 11.9. The Morgan fingerprint density at radius 2 is 2.29 bits per heavy atom. The van der Waals surface area contributed by atoms with E-state index in [9.17, 15) is 4.79 Å². The van der Waals surface area contributed by atoms with E-state index in [0.717, 1.165) is 32.2 Å². The van der Waals surface area contributed by atoms with E-state index in [-0.39, 0.29) is 11.8 Å². The molecule has 1 aliphatic rings. The molecule has 1 amide bonds. The van der Waals surface area contributed by atoms with Gasteiger partial charge in [0.2, 0.25) is 5.91 Å². The lowest BCUT2D eigenvalue weighted by Crippen LogP contribution is -2.36. The van der Waals surface area contributed by atoms with E-state index < -0.39 is 0 Å². The lowest BCUT2D eigenvalue weighted by atomic mass is 9.79. The molecule has 1 aliphatic carbocycles. The zero-order valence-corrected chi connectivity index (χ0v) is 10.9. The Balaban J connectivity index is 2.21. The van der Waals surface area contributed by atoms with E-state index in [1.54, 1.807) is 0 Å². The van der Waals surface area contributed by atoms with Crippen molar-refractivity contribution in [3.63, 3.8) is 0 Å². The van der Waals surface area contributed by atoms with Gasteiger partial charge in [-0.3, -0.25) is 4.79 Å². The average Bonchev–Trinajstić information content (AvgIpc) is 2.35. The van der Waals surface area contributed by atoms with Crippen molar-refractivity contribution in [1.29, 1.82) is 0 Å². The molecular formula is C13H26N2O2. The predicted molar refractivity (Wildman–Crippen MR) is 68.6 cm³/mol. The number of carbonyl (C=O) groups is 1. The largest absolute Gasteiger partial charge is 0.380 e. The molecule has 1 rings (SSSR count). The van der Waals surface area contributed by atoms with Crippen LogP contribution in [0.1, 0.15) is 39.0 Å². The van der Waals surface area contributed by atoms with Gasteiger partial charge in [0.1, 0.15) is 0 Å². The van der Waals surface area contributed by atoms with Gasteiger partial charge in [-0.1, -0.05) is 12.8 Å². The topological polar surface area (TPSA) is 64.3 Å². The summed E-state index contributed by atoms with van der Waals surface area (Å²) in [4.78, 5) is 11.9. The monoisotopic (exact) mass is 242 g/mol. The number of rotatable bonds is 7. The number of carbonyl (C=O) groups excluding carboxylic acids is 1. The third kappa shape index (κ3) is 5.50. The van der Waals surface area contributed by atoms with Crippen LogP contribution in [-0.4, -0.2) is 32.2 Å². The highest BCUT2D eigenvalue weighted by Crippen LogP contribution is 2.30. The highest BCUT2D eigenvalue weighted by atomic mass is 16.5. The highest BCUT2D eigenvalue weighted by Gasteiger charge is 2.26. The molecule has 1 fully saturated rings. The molecule has 0 radical (unpaired) electrons. The van der Waals surface area contributed by atoms with Crippen molar-refractivity contribution in [3.8, 4) is 0 Å². The van der Waals surface area contributed by atoms with Gasteiger partial charge in [-0.2, -0.15) is 0 Å². The SMILES string of the molecule is CCOCCNC(=O)C1CCCC(CCN)C1. The van der Waals surface area contributed by atoms with Crippen LogP contribution in [0.5, 0.6) is 0 Å². The summed E-state index contributed by atoms with van der Waals surface area (Å²) >= 11 is 0. The summed E-state index contributed by atoms with van der Waals surface area (Å²) in [5, 5.41) is 2.95. The highest BCUT2D eigenvalue weighted by molar-refractivity contribution is 5.78. The maximum absolute atomic E-state index is 11.9. The van der Waals surface area contributed by atoms with E-state index in [1.165, 1.54) is 6.42 Å². The van der Waals surface area contributed by atoms with Crippen LogP contribution in [0.25, 0.3) is 0 Å². The lowest BCUT2D eigenvalue weighted by Gasteiger charge is -2.28. The van der Waals surface area contributed by atoms with Gasteiger partial charge in [-0.25, -0.2) is 0 Å². The summed E-state index contributed by atoms with van der Waals surface area (Å²) in [6.45, 7) is 4.65. The molecule has 4 heteroatoms. The molecule has 0 aromatic carbocycles. The Morgan fingerprint density at radius 3 is 3.00 bits per heavy atom. The molecule has 1 saturated carbocycles. The van der Waals surface area contributed by atoms with Gasteiger partial charge in [0.05, 0.1) is 6.61 Å². The van der Waals surface area contributed by atoms with E-state index in [0.29, 0.717) is 25.7 Å². The summed E-state index contributed by atoms with van der Waals surface area (Å²) in [5.41, 5.74) is 5.58. The van der Waals surface area contributed by atoms with Gasteiger partial charge >= 0.3 is 0 Å². The second-order valence-corrected chi connectivity index (χ2v) is 4.79. The second-order valence-electron chi connectivity index (χ2n) is 4.79. The van der Waals surface area contributed by atoms with E-state index in [2.05, 4.69) is 5.32 Å². The minimum Gasteiger partial charge on any atom is -0.380 e. The van der Waals surface area contributed by atoms with Crippen molar-refractivity contribution < 1.29 is 9.53 Å². The molecule has 0 spiro atoms. The van der Waals surface area contributed by atoms with Gasteiger partial charge in [0, 0.05) is 19.1 Å². The van der Waals surface area contributed by atoms with Crippen molar-refractivity contribution in [3.05, 3.63) is 0 Å². The number of hydrogen-bond acceptors (Lipinski definition) is 3. The molecule has 4 nitrogen and oxygen atoms in total. The molecule has 0 aromatic rings. The molecule has 0 heterocycles. The van der Waals surface area contributed by atoms with E-state index in [1.807, 2.05) is 6.92 Å². The summed E-state index contributed by atoms with van der Waals surface area (Å²) in [6.07, 6.45) is 5.50. The second kappa shape index (κ2) is 8.48. The molecule has 2 atom stereocenters. The van der Waals surface area contributed by atoms with E-state index >= 15 is 0 Å². The Hall–Kier alpha value is -0.610. The van der Waals surface area contributed by atoms with Crippen molar-refractivity contribution >= 4 is 5.91 Å². The number of ether oxygens (including phenoxy) is 1. The summed E-state index contributed by atoms with van der Waals surface area (Å²) in [6, 6.07) is 0. The van der Waals surface area contributed by atoms with Crippen LogP contribution >= 0.6 is 0 Å². The summed E-state index contributed by atoms with van der Waals surface area (Å²) < 4.78 is 5.20. The van der Waals surface area contributed by atoms with Crippen LogP contribution in [0.3, 0.4) is 0 Å². The third-order valence-corrected chi connectivity index (χ3v) is 3.48. The first-order valence-electron chi connectivity index (χ1n) is 6.83. The van der Waals surface area contributed by atoms with Crippen LogP contribution in [0.4, 0.5) is 0 Å². The van der Waals surface area contributed by atoms with Crippen LogP contribution in [0.2, 0.25) is 0 Å². The molecule has 0 bridgehead atoms. The van der Waals surface area contributed by atoms with Crippen molar-refractivity contribution in [2.24, 2.45) is 17.6 Å². The fourth-order valence-electron chi connectivity index (χ4n) is 2.56. The van der Waals surface area contributed by atoms with Crippen LogP contribution in [-0.2, 0) is 9.53 Å². The summed E-state index contributed by atoms with van der Waals surface area (Å²) in [5.74, 6) is 1.05. The molecule has 0 saturated heterocycles. The fraction of sp³-hybridized carbons (Fsp3) is 0.923. The number of nitrogens with one attached hydrogen (secondary N) is 1. The first-order valence-corrected chi connectivity index (χ1v) is 6.83. The molecular weight excluding hydrogens is 216 g/mol. The Labute approximate surface area is 104 Å². The molecule has 3 N–H and O–H groups in total.